The van der Waals surface area contributed by atoms with Crippen LogP contribution in [0.3, 0.4) is 0 Å². The molecule has 0 radical (unpaired) electrons. The Labute approximate surface area is 181 Å². The molecule has 8 heteroatoms. The van der Waals surface area contributed by atoms with Crippen molar-refractivity contribution in [2.75, 3.05) is 0 Å². The molecule has 0 aliphatic carbocycles. The van der Waals surface area contributed by atoms with Gasteiger partial charge < -0.3 is 14.2 Å². The van der Waals surface area contributed by atoms with E-state index in [1.54, 1.807) is 6.92 Å². The Bertz CT molecular complexity index is 1030. The molecule has 0 bridgehead atoms. The van der Waals surface area contributed by atoms with Gasteiger partial charge in [-0.25, -0.2) is 4.79 Å². The number of benzene rings is 1. The standard InChI is InChI=1S/C23H30N2O6/c1-6-23(14(2)3)19(29-13-17-10-8-7-9-11-17)18(30-16(5)26)21(31-23)25-12-15(4)20(27)24-22(25)28/h7-12,14,18-19,21H,6,13H2,1-5H3,(H,24,27,28)/t18?,19-,21-,23+/m1/s1. The van der Waals surface area contributed by atoms with E-state index in [-0.39, 0.29) is 5.92 Å². The van der Waals surface area contributed by atoms with Gasteiger partial charge in [0.15, 0.2) is 12.3 Å². The van der Waals surface area contributed by atoms with Gasteiger partial charge in [-0.15, -0.1) is 0 Å². The number of hydrogen-bond donors (Lipinski definition) is 1. The van der Waals surface area contributed by atoms with Crippen LogP contribution in [0.25, 0.3) is 0 Å². The molecule has 1 aliphatic rings. The number of aryl methyl sites for hydroxylation is 1. The van der Waals surface area contributed by atoms with Gasteiger partial charge in [0.1, 0.15) is 11.7 Å². The first-order chi connectivity index (χ1) is 14.7. The summed E-state index contributed by atoms with van der Waals surface area (Å²) in [5.41, 5.74) is -0.576. The first-order valence-electron chi connectivity index (χ1n) is 10.5. The molecule has 0 saturated carbocycles. The molecule has 8 nitrogen and oxygen atoms in total. The Kier molecular flexibility index (Phi) is 6.81. The number of H-pyrrole nitrogens is 1. The highest BCUT2D eigenvalue weighted by atomic mass is 16.6. The van der Waals surface area contributed by atoms with Crippen LogP contribution in [-0.2, 0) is 25.6 Å². The zero-order chi connectivity index (χ0) is 22.8. The Hall–Kier alpha value is -2.71. The molecule has 4 atom stereocenters. The molecular weight excluding hydrogens is 400 g/mol. The van der Waals surface area contributed by atoms with Crippen molar-refractivity contribution < 1.29 is 19.0 Å². The number of rotatable bonds is 7. The highest BCUT2D eigenvalue weighted by molar-refractivity contribution is 5.66. The van der Waals surface area contributed by atoms with Crippen LogP contribution in [0.15, 0.2) is 46.1 Å². The summed E-state index contributed by atoms with van der Waals surface area (Å²) in [4.78, 5) is 38.8. The first kappa shape index (κ1) is 23.0. The lowest BCUT2D eigenvalue weighted by Gasteiger charge is -2.37. The van der Waals surface area contributed by atoms with Crippen molar-refractivity contribution in [2.45, 2.75) is 71.7 Å². The fraction of sp³-hybridized carbons (Fsp3) is 0.522. The van der Waals surface area contributed by atoms with Crippen molar-refractivity contribution in [3.8, 4) is 0 Å². The van der Waals surface area contributed by atoms with E-state index >= 15 is 0 Å². The molecule has 2 aromatic rings. The molecule has 1 aliphatic heterocycles. The molecule has 168 valence electrons. The highest BCUT2D eigenvalue weighted by Gasteiger charge is 2.59. The second-order valence-corrected chi connectivity index (χ2v) is 8.24. The van der Waals surface area contributed by atoms with Crippen LogP contribution in [0, 0.1) is 12.8 Å². The van der Waals surface area contributed by atoms with Crippen molar-refractivity contribution in [1.82, 2.24) is 9.55 Å². The third kappa shape index (κ3) is 4.50. The molecule has 1 unspecified atom stereocenters. The maximum Gasteiger partial charge on any atom is 0.330 e. The Balaban J connectivity index is 2.07. The molecule has 0 amide bonds. The number of carbonyl (C=O) groups is 1. The number of nitrogens with zero attached hydrogens (tertiary/aromatic N) is 1. The van der Waals surface area contributed by atoms with E-state index in [0.717, 1.165) is 5.56 Å². The summed E-state index contributed by atoms with van der Waals surface area (Å²) in [7, 11) is 0. The van der Waals surface area contributed by atoms with Gasteiger partial charge in [0.05, 0.1) is 6.61 Å². The zero-order valence-corrected chi connectivity index (χ0v) is 18.6. The molecule has 1 N–H and O–H groups in total. The number of aromatic nitrogens is 2. The van der Waals surface area contributed by atoms with Gasteiger partial charge in [-0.1, -0.05) is 51.1 Å². The predicted octanol–water partition coefficient (Wildman–Crippen LogP) is 2.70. The van der Waals surface area contributed by atoms with Crippen LogP contribution in [0.1, 0.15) is 51.5 Å². The molecule has 3 rings (SSSR count). The molecule has 1 saturated heterocycles. The van der Waals surface area contributed by atoms with Gasteiger partial charge in [0, 0.05) is 18.7 Å². The van der Waals surface area contributed by atoms with Gasteiger partial charge in [-0.2, -0.15) is 0 Å². The average molecular weight is 431 g/mol. The van der Waals surface area contributed by atoms with Gasteiger partial charge in [-0.05, 0) is 24.8 Å². The number of aromatic amines is 1. The van der Waals surface area contributed by atoms with E-state index in [1.807, 2.05) is 51.1 Å². The van der Waals surface area contributed by atoms with Gasteiger partial charge in [-0.3, -0.25) is 19.1 Å². The maximum atomic E-state index is 12.6. The number of carbonyl (C=O) groups excluding carboxylic acids is 1. The second-order valence-electron chi connectivity index (χ2n) is 8.24. The lowest BCUT2D eigenvalue weighted by atomic mass is 9.82. The summed E-state index contributed by atoms with van der Waals surface area (Å²) < 4.78 is 19.8. The van der Waals surface area contributed by atoms with Gasteiger partial charge >= 0.3 is 11.7 Å². The summed E-state index contributed by atoms with van der Waals surface area (Å²) >= 11 is 0. The lowest BCUT2D eigenvalue weighted by molar-refractivity contribution is -0.159. The first-order valence-corrected chi connectivity index (χ1v) is 10.5. The van der Waals surface area contributed by atoms with Crippen LogP contribution in [0.5, 0.6) is 0 Å². The molecular formula is C23H30N2O6. The SMILES string of the molecule is CC[C@@]1(C(C)C)O[C@@H](n2cc(C)c(=O)[nH]c2=O)C(OC(C)=O)[C@H]1OCc1ccccc1. The molecule has 1 aromatic carbocycles. The van der Waals surface area contributed by atoms with Crippen molar-refractivity contribution in [3.63, 3.8) is 0 Å². The molecule has 1 aromatic heterocycles. The van der Waals surface area contributed by atoms with E-state index in [9.17, 15) is 14.4 Å². The van der Waals surface area contributed by atoms with Crippen molar-refractivity contribution in [1.29, 1.82) is 0 Å². The number of hydrogen-bond acceptors (Lipinski definition) is 6. The fourth-order valence-electron chi connectivity index (χ4n) is 4.24. The minimum atomic E-state index is -0.935. The lowest BCUT2D eigenvalue weighted by Crippen LogP contribution is -2.49. The third-order valence-electron chi connectivity index (χ3n) is 5.93. The van der Waals surface area contributed by atoms with Crippen molar-refractivity contribution >= 4 is 5.97 Å². The molecule has 2 heterocycles. The summed E-state index contributed by atoms with van der Waals surface area (Å²) in [5, 5.41) is 0. The average Bonchev–Trinajstić information content (AvgIpc) is 3.03. The number of ether oxygens (including phenoxy) is 3. The van der Waals surface area contributed by atoms with Crippen molar-refractivity contribution in [3.05, 3.63) is 68.5 Å². The van der Waals surface area contributed by atoms with Crippen LogP contribution in [0.2, 0.25) is 0 Å². The number of esters is 1. The maximum absolute atomic E-state index is 12.6. The van der Waals surface area contributed by atoms with Gasteiger partial charge in [0.2, 0.25) is 0 Å². The normalized spacial score (nSPS) is 25.7. The Morgan fingerprint density at radius 1 is 1.26 bits per heavy atom. The van der Waals surface area contributed by atoms with E-state index in [4.69, 9.17) is 14.2 Å². The largest absolute Gasteiger partial charge is 0.455 e. The fourth-order valence-corrected chi connectivity index (χ4v) is 4.24. The Morgan fingerprint density at radius 3 is 2.52 bits per heavy atom. The highest BCUT2D eigenvalue weighted by Crippen LogP contribution is 2.46. The predicted molar refractivity (Wildman–Crippen MR) is 115 cm³/mol. The van der Waals surface area contributed by atoms with E-state index in [1.165, 1.54) is 17.7 Å². The van der Waals surface area contributed by atoms with Gasteiger partial charge in [0.25, 0.3) is 5.56 Å². The van der Waals surface area contributed by atoms with Crippen molar-refractivity contribution in [2.24, 2.45) is 5.92 Å². The van der Waals surface area contributed by atoms with Crippen LogP contribution >= 0.6 is 0 Å². The number of nitrogens with one attached hydrogen (secondary N) is 1. The van der Waals surface area contributed by atoms with Crippen LogP contribution in [0.4, 0.5) is 0 Å². The minimum absolute atomic E-state index is 0.000826. The third-order valence-corrected chi connectivity index (χ3v) is 5.93. The summed E-state index contributed by atoms with van der Waals surface area (Å²) in [6.07, 6.45) is -0.412. The molecule has 1 fully saturated rings. The van der Waals surface area contributed by atoms with Crippen LogP contribution < -0.4 is 11.2 Å². The zero-order valence-electron chi connectivity index (χ0n) is 18.6. The smallest absolute Gasteiger partial charge is 0.330 e. The van der Waals surface area contributed by atoms with Crippen LogP contribution in [-0.4, -0.2) is 33.3 Å². The summed E-state index contributed by atoms with van der Waals surface area (Å²) in [6.45, 7) is 9.21. The summed E-state index contributed by atoms with van der Waals surface area (Å²) in [6, 6.07) is 9.68. The molecule has 31 heavy (non-hydrogen) atoms. The topological polar surface area (TPSA) is 99.6 Å². The van der Waals surface area contributed by atoms with E-state index in [2.05, 4.69) is 4.98 Å². The minimum Gasteiger partial charge on any atom is -0.455 e. The van der Waals surface area contributed by atoms with E-state index < -0.39 is 41.3 Å². The molecule has 0 spiro atoms. The second kappa shape index (κ2) is 9.20. The quantitative estimate of drug-likeness (QED) is 0.678. The monoisotopic (exact) mass is 430 g/mol. The Morgan fingerprint density at radius 2 is 1.94 bits per heavy atom. The summed E-state index contributed by atoms with van der Waals surface area (Å²) in [5.74, 6) is -0.502. The van der Waals surface area contributed by atoms with E-state index in [0.29, 0.717) is 18.6 Å².